The van der Waals surface area contributed by atoms with E-state index in [1.807, 2.05) is 24.3 Å². The second-order valence-electron chi connectivity index (χ2n) is 8.55. The first-order chi connectivity index (χ1) is 14.6. The van der Waals surface area contributed by atoms with Crippen molar-refractivity contribution in [1.82, 2.24) is 5.32 Å². The molecule has 1 heterocycles. The number of fused-ring (bicyclic) bond motifs is 2. The van der Waals surface area contributed by atoms with Gasteiger partial charge in [0, 0.05) is 22.4 Å². The number of nitrogens with zero attached hydrogens (tertiary/aromatic N) is 1. The van der Waals surface area contributed by atoms with Crippen LogP contribution < -0.4 is 10.6 Å². The van der Waals surface area contributed by atoms with Gasteiger partial charge in [0.25, 0.3) is 0 Å². The van der Waals surface area contributed by atoms with Gasteiger partial charge < -0.3 is 20.8 Å². The van der Waals surface area contributed by atoms with E-state index < -0.39 is 18.2 Å². The van der Waals surface area contributed by atoms with E-state index in [2.05, 4.69) is 33.8 Å². The van der Waals surface area contributed by atoms with Crippen LogP contribution in [-0.4, -0.2) is 50.8 Å². The van der Waals surface area contributed by atoms with Gasteiger partial charge in [0.15, 0.2) is 5.17 Å². The van der Waals surface area contributed by atoms with Gasteiger partial charge in [-0.3, -0.25) is 9.79 Å². The molecule has 1 aliphatic heterocycles. The molecule has 30 heavy (non-hydrogen) atoms. The first kappa shape index (κ1) is 19.8. The normalized spacial score (nSPS) is 31.4. The molecule has 5 atom stereocenters. The number of carbonyl (C=O) groups excluding carboxylic acids is 1. The minimum Gasteiger partial charge on any atom is -0.390 e. The molecule has 7 heteroatoms. The van der Waals surface area contributed by atoms with Crippen molar-refractivity contribution in [2.75, 3.05) is 5.32 Å². The Bertz CT molecular complexity index is 970. The lowest BCUT2D eigenvalue weighted by Crippen LogP contribution is -2.54. The van der Waals surface area contributed by atoms with Crippen LogP contribution in [0.3, 0.4) is 0 Å². The molecule has 3 aliphatic rings. The number of nitrogens with one attached hydrogen (secondary N) is 2. The smallest absolute Gasteiger partial charge is 0.224 e. The highest BCUT2D eigenvalue weighted by Gasteiger charge is 2.50. The molecule has 2 aromatic rings. The number of benzene rings is 2. The molecule has 0 unspecified atom stereocenters. The largest absolute Gasteiger partial charge is 0.390 e. The topological polar surface area (TPSA) is 94.0 Å². The van der Waals surface area contributed by atoms with E-state index in [0.29, 0.717) is 5.17 Å². The van der Waals surface area contributed by atoms with E-state index in [9.17, 15) is 15.0 Å². The second kappa shape index (κ2) is 8.21. The quantitative estimate of drug-likeness (QED) is 0.607. The Morgan fingerprint density at radius 1 is 1.07 bits per heavy atom. The molecule has 2 aromatic carbocycles. The molecule has 6 nitrogen and oxygen atoms in total. The minimum atomic E-state index is -0.954. The van der Waals surface area contributed by atoms with Crippen molar-refractivity contribution < 1.29 is 15.0 Å². The highest BCUT2D eigenvalue weighted by atomic mass is 32.2. The molecule has 2 saturated carbocycles. The lowest BCUT2D eigenvalue weighted by molar-refractivity contribution is -0.130. The van der Waals surface area contributed by atoms with E-state index in [1.54, 1.807) is 0 Å². The van der Waals surface area contributed by atoms with Gasteiger partial charge >= 0.3 is 0 Å². The fraction of sp³-hybridized carbons (Fsp3) is 0.478. The third kappa shape index (κ3) is 3.70. The van der Waals surface area contributed by atoms with Crippen LogP contribution in [0.5, 0.6) is 0 Å². The van der Waals surface area contributed by atoms with Crippen molar-refractivity contribution in [2.45, 2.75) is 61.6 Å². The standard InChI is InChI=1S/C23H27N3O3S/c27-18-12-16(22(29)24-14-8-2-3-9-14)21-19(20(18)28)26-23(30-21)25-17-11-5-7-13-6-1-4-10-15(13)17/h1,4-7,10-11,14,16,18-21,27-28H,2-3,8-9,12H2,(H,24,29)(H,25,26)/t16-,18+,19-,20-,21+/m0/s1. The SMILES string of the molecule is O=C(NC1CCCC1)[C@H]1C[C@@H](O)[C@H](O)[C@@H]2N=C(Nc3cccc4ccccc34)S[C@@H]21. The molecule has 0 bridgehead atoms. The van der Waals surface area contributed by atoms with Gasteiger partial charge in [0.05, 0.1) is 18.1 Å². The lowest BCUT2D eigenvalue weighted by atomic mass is 9.81. The third-order valence-corrected chi connectivity index (χ3v) is 7.87. The number of aliphatic hydroxyl groups excluding tert-OH is 2. The summed E-state index contributed by atoms with van der Waals surface area (Å²) in [5.74, 6) is -0.383. The number of amides is 1. The van der Waals surface area contributed by atoms with Gasteiger partial charge in [0.1, 0.15) is 6.10 Å². The minimum absolute atomic E-state index is 0.0167. The van der Waals surface area contributed by atoms with Crippen molar-refractivity contribution in [3.05, 3.63) is 42.5 Å². The van der Waals surface area contributed by atoms with E-state index in [-0.39, 0.29) is 29.5 Å². The van der Waals surface area contributed by atoms with Crippen LogP contribution in [0.2, 0.25) is 0 Å². The molecular weight excluding hydrogens is 398 g/mol. The molecular formula is C23H27N3O3S. The van der Waals surface area contributed by atoms with Gasteiger partial charge in [-0.25, -0.2) is 0 Å². The van der Waals surface area contributed by atoms with Crippen LogP contribution in [0.1, 0.15) is 32.1 Å². The number of carbonyl (C=O) groups is 1. The zero-order valence-corrected chi connectivity index (χ0v) is 17.5. The zero-order valence-electron chi connectivity index (χ0n) is 16.7. The Hall–Kier alpha value is -2.09. The average Bonchev–Trinajstić information content (AvgIpc) is 3.41. The van der Waals surface area contributed by atoms with E-state index in [0.717, 1.165) is 42.1 Å². The average molecular weight is 426 g/mol. The summed E-state index contributed by atoms with van der Waals surface area (Å²) in [5.41, 5.74) is 0.944. The Kier molecular flexibility index (Phi) is 5.43. The number of aliphatic hydroxyl groups is 2. The Morgan fingerprint density at radius 3 is 2.67 bits per heavy atom. The second-order valence-corrected chi connectivity index (χ2v) is 9.72. The Labute approximate surface area is 180 Å². The molecule has 2 aliphatic carbocycles. The molecule has 0 spiro atoms. The Balaban J connectivity index is 1.36. The number of anilines is 1. The maximum atomic E-state index is 13.0. The van der Waals surface area contributed by atoms with Gasteiger partial charge in [-0.2, -0.15) is 0 Å². The van der Waals surface area contributed by atoms with Crippen molar-refractivity contribution >= 4 is 39.3 Å². The summed E-state index contributed by atoms with van der Waals surface area (Å²) >= 11 is 1.51. The van der Waals surface area contributed by atoms with Crippen LogP contribution in [-0.2, 0) is 4.79 Å². The van der Waals surface area contributed by atoms with E-state index in [1.165, 1.54) is 11.8 Å². The van der Waals surface area contributed by atoms with Crippen LogP contribution in [0.15, 0.2) is 47.5 Å². The number of aliphatic imine (C=N–C) groups is 1. The van der Waals surface area contributed by atoms with E-state index in [4.69, 9.17) is 0 Å². The summed E-state index contributed by atoms with van der Waals surface area (Å²) in [6.07, 6.45) is 2.73. The van der Waals surface area contributed by atoms with E-state index >= 15 is 0 Å². The molecule has 5 rings (SSSR count). The van der Waals surface area contributed by atoms with Crippen molar-refractivity contribution in [1.29, 1.82) is 0 Å². The molecule has 2 fully saturated rings. The molecule has 4 N–H and O–H groups in total. The fourth-order valence-electron chi connectivity index (χ4n) is 4.94. The van der Waals surface area contributed by atoms with Crippen LogP contribution >= 0.6 is 11.8 Å². The maximum absolute atomic E-state index is 13.0. The number of hydrogen-bond donors (Lipinski definition) is 4. The highest BCUT2D eigenvalue weighted by molar-refractivity contribution is 8.15. The summed E-state index contributed by atoms with van der Waals surface area (Å²) in [7, 11) is 0. The zero-order chi connectivity index (χ0) is 20.7. The van der Waals surface area contributed by atoms with Gasteiger partial charge in [0.2, 0.25) is 5.91 Å². The lowest BCUT2D eigenvalue weighted by Gasteiger charge is -2.37. The van der Waals surface area contributed by atoms with Crippen LogP contribution in [0.25, 0.3) is 10.8 Å². The Morgan fingerprint density at radius 2 is 1.83 bits per heavy atom. The number of rotatable bonds is 3. The van der Waals surface area contributed by atoms with Crippen molar-refractivity contribution in [3.8, 4) is 0 Å². The van der Waals surface area contributed by atoms with Crippen LogP contribution in [0.4, 0.5) is 5.69 Å². The predicted molar refractivity (Wildman–Crippen MR) is 121 cm³/mol. The summed E-state index contributed by atoms with van der Waals surface area (Å²) in [5, 5.41) is 30.3. The summed E-state index contributed by atoms with van der Waals surface area (Å²) in [6.45, 7) is 0. The summed E-state index contributed by atoms with van der Waals surface area (Å²) in [6, 6.07) is 13.9. The molecule has 0 aromatic heterocycles. The maximum Gasteiger partial charge on any atom is 0.224 e. The van der Waals surface area contributed by atoms with Gasteiger partial charge in [-0.1, -0.05) is 61.0 Å². The monoisotopic (exact) mass is 425 g/mol. The number of hydrogen-bond acceptors (Lipinski definition) is 6. The molecule has 0 radical (unpaired) electrons. The highest BCUT2D eigenvalue weighted by Crippen LogP contribution is 2.42. The number of thioether (sulfide) groups is 1. The number of amidine groups is 1. The van der Waals surface area contributed by atoms with Crippen LogP contribution in [0, 0.1) is 5.92 Å². The first-order valence-corrected chi connectivity index (χ1v) is 11.6. The first-order valence-electron chi connectivity index (χ1n) is 10.8. The third-order valence-electron chi connectivity index (χ3n) is 6.56. The molecule has 158 valence electrons. The van der Waals surface area contributed by atoms with Crippen molar-refractivity contribution in [2.24, 2.45) is 10.9 Å². The van der Waals surface area contributed by atoms with Gasteiger partial charge in [-0.05, 0) is 30.7 Å². The fourth-order valence-corrected chi connectivity index (χ4v) is 6.31. The molecule has 1 amide bonds. The molecule has 0 saturated heterocycles. The summed E-state index contributed by atoms with van der Waals surface area (Å²) in [4.78, 5) is 17.7. The summed E-state index contributed by atoms with van der Waals surface area (Å²) < 4.78 is 0. The predicted octanol–water partition coefficient (Wildman–Crippen LogP) is 2.89. The van der Waals surface area contributed by atoms with Crippen molar-refractivity contribution in [3.63, 3.8) is 0 Å². The van der Waals surface area contributed by atoms with Gasteiger partial charge in [-0.15, -0.1) is 0 Å².